The van der Waals surface area contributed by atoms with Crippen LogP contribution < -0.4 is 4.74 Å². The highest BCUT2D eigenvalue weighted by Crippen LogP contribution is 2.34. The Bertz CT molecular complexity index is 1080. The highest BCUT2D eigenvalue weighted by Gasteiger charge is 2.23. The summed E-state index contributed by atoms with van der Waals surface area (Å²) in [6, 6.07) is 17.1. The van der Waals surface area contributed by atoms with Gasteiger partial charge in [0, 0.05) is 26.7 Å². The number of halogens is 1. The van der Waals surface area contributed by atoms with Gasteiger partial charge < -0.3 is 19.3 Å². The van der Waals surface area contributed by atoms with Crippen LogP contribution in [0.5, 0.6) is 11.6 Å². The van der Waals surface area contributed by atoms with Crippen LogP contribution in [0, 0.1) is 19.3 Å². The van der Waals surface area contributed by atoms with Crippen LogP contribution in [0.25, 0.3) is 5.69 Å². The normalized spacial score (nSPS) is 12.0. The van der Waals surface area contributed by atoms with Gasteiger partial charge in [-0.2, -0.15) is 5.10 Å². The Balaban J connectivity index is 1.93. The molecule has 0 saturated heterocycles. The summed E-state index contributed by atoms with van der Waals surface area (Å²) in [6.07, 6.45) is 4.52. The number of aryl methyl sites for hydroxylation is 1. The fourth-order valence-electron chi connectivity index (χ4n) is 3.48. The molecule has 180 valence electrons. The third-order valence-corrected chi connectivity index (χ3v) is 5.45. The number of nitrogens with zero attached hydrogens (tertiary/aromatic N) is 3. The van der Waals surface area contributed by atoms with Gasteiger partial charge in [0.1, 0.15) is 12.4 Å². The van der Waals surface area contributed by atoms with Crippen molar-refractivity contribution in [1.82, 2.24) is 14.7 Å². The van der Waals surface area contributed by atoms with Crippen molar-refractivity contribution in [3.8, 4) is 29.7 Å². The van der Waals surface area contributed by atoms with Gasteiger partial charge in [-0.15, -0.1) is 6.42 Å². The molecule has 2 aromatic carbocycles. The highest BCUT2D eigenvalue weighted by molar-refractivity contribution is 6.32. The van der Waals surface area contributed by atoms with Crippen LogP contribution in [0.15, 0.2) is 54.6 Å². The van der Waals surface area contributed by atoms with Crippen molar-refractivity contribution in [2.75, 3.05) is 40.0 Å². The molecule has 0 radical (unpaired) electrons. The molecule has 3 aromatic rings. The van der Waals surface area contributed by atoms with Gasteiger partial charge in [-0.25, -0.2) is 4.68 Å². The number of benzene rings is 2. The number of hydrogen-bond acceptors (Lipinski definition) is 6. The highest BCUT2D eigenvalue weighted by atomic mass is 35.5. The number of aromatic nitrogens is 2. The molecule has 0 aliphatic carbocycles. The smallest absolute Gasteiger partial charge is 0.227 e. The lowest BCUT2D eigenvalue weighted by Crippen LogP contribution is -2.36. The zero-order chi connectivity index (χ0) is 24.3. The van der Waals surface area contributed by atoms with E-state index in [1.165, 1.54) is 0 Å². The summed E-state index contributed by atoms with van der Waals surface area (Å²) in [4.78, 5) is 2.08. The van der Waals surface area contributed by atoms with Gasteiger partial charge in [0.05, 0.1) is 41.3 Å². The maximum atomic E-state index is 10.5. The van der Waals surface area contributed by atoms with Crippen LogP contribution in [0.3, 0.4) is 0 Å². The SMILES string of the molecule is C#CCOCC(O)CN(CCOC)Cc1c(C)nn(-c2ccccc2)c1Oc1ccccc1Cl. The molecule has 0 bridgehead atoms. The average Bonchev–Trinajstić information content (AvgIpc) is 3.14. The van der Waals surface area contributed by atoms with Crippen LogP contribution in [-0.4, -0.2) is 65.9 Å². The number of aliphatic hydroxyl groups excluding tert-OH is 1. The van der Waals surface area contributed by atoms with Crippen molar-refractivity contribution in [2.24, 2.45) is 0 Å². The number of ether oxygens (including phenoxy) is 3. The van der Waals surface area contributed by atoms with Gasteiger partial charge in [-0.05, 0) is 31.2 Å². The van der Waals surface area contributed by atoms with Crippen molar-refractivity contribution in [3.63, 3.8) is 0 Å². The largest absolute Gasteiger partial charge is 0.437 e. The van der Waals surface area contributed by atoms with Crippen molar-refractivity contribution < 1.29 is 19.3 Å². The quantitative estimate of drug-likeness (QED) is 0.292. The van der Waals surface area contributed by atoms with Gasteiger partial charge in [-0.1, -0.05) is 47.9 Å². The third-order valence-electron chi connectivity index (χ3n) is 5.14. The Hall–Kier alpha value is -2.86. The predicted octanol–water partition coefficient (Wildman–Crippen LogP) is 4.09. The summed E-state index contributed by atoms with van der Waals surface area (Å²) in [5.74, 6) is 3.51. The predicted molar refractivity (Wildman–Crippen MR) is 133 cm³/mol. The van der Waals surface area contributed by atoms with Gasteiger partial charge in [0.2, 0.25) is 5.88 Å². The first-order chi connectivity index (χ1) is 16.5. The molecule has 1 N–H and O–H groups in total. The molecule has 0 aliphatic rings. The van der Waals surface area contributed by atoms with E-state index in [9.17, 15) is 5.11 Å². The standard InChI is InChI=1S/C26H30ClN3O4/c1-4-15-33-19-22(31)17-29(14-16-32-3)18-23-20(2)28-30(21-10-6-5-7-11-21)26(23)34-25-13-9-8-12-24(25)27/h1,5-13,22,31H,14-19H2,2-3H3. The lowest BCUT2D eigenvalue weighted by molar-refractivity contribution is 0.0206. The summed E-state index contributed by atoms with van der Waals surface area (Å²) in [5, 5.41) is 15.7. The Kier molecular flexibility index (Phi) is 9.95. The summed E-state index contributed by atoms with van der Waals surface area (Å²) < 4.78 is 18.7. The van der Waals surface area contributed by atoms with E-state index in [1.54, 1.807) is 17.9 Å². The molecular weight excluding hydrogens is 454 g/mol. The molecule has 0 aliphatic heterocycles. The molecule has 0 saturated carbocycles. The number of terminal acetylenes is 1. The zero-order valence-electron chi connectivity index (χ0n) is 19.5. The Morgan fingerprint density at radius 1 is 1.18 bits per heavy atom. The molecule has 0 spiro atoms. The molecule has 1 unspecified atom stereocenters. The fraction of sp³-hybridized carbons (Fsp3) is 0.346. The van der Waals surface area contributed by atoms with Crippen LogP contribution in [0.1, 0.15) is 11.3 Å². The molecule has 34 heavy (non-hydrogen) atoms. The maximum Gasteiger partial charge on any atom is 0.227 e. The molecule has 3 rings (SSSR count). The van der Waals surface area contributed by atoms with E-state index in [2.05, 4.69) is 10.8 Å². The van der Waals surface area contributed by atoms with Crippen molar-refractivity contribution >= 4 is 11.6 Å². The van der Waals surface area contributed by atoms with Crippen LogP contribution in [0.4, 0.5) is 0 Å². The molecule has 8 heteroatoms. The summed E-state index contributed by atoms with van der Waals surface area (Å²) >= 11 is 6.39. The first-order valence-electron chi connectivity index (χ1n) is 11.0. The topological polar surface area (TPSA) is 69.0 Å². The monoisotopic (exact) mass is 483 g/mol. The minimum Gasteiger partial charge on any atom is -0.437 e. The van der Waals surface area contributed by atoms with E-state index in [4.69, 9.17) is 37.3 Å². The lowest BCUT2D eigenvalue weighted by atomic mass is 10.2. The summed E-state index contributed by atoms with van der Waals surface area (Å²) in [5.41, 5.74) is 2.56. The first kappa shape index (κ1) is 25.8. The molecule has 1 heterocycles. The number of hydrogen-bond donors (Lipinski definition) is 1. The second-order valence-electron chi connectivity index (χ2n) is 7.75. The van der Waals surface area contributed by atoms with E-state index in [-0.39, 0.29) is 13.2 Å². The van der Waals surface area contributed by atoms with Crippen molar-refractivity contribution in [1.29, 1.82) is 0 Å². The van der Waals surface area contributed by atoms with Gasteiger partial charge in [-0.3, -0.25) is 4.90 Å². The minimum absolute atomic E-state index is 0.152. The van der Waals surface area contributed by atoms with Gasteiger partial charge >= 0.3 is 0 Å². The van der Waals surface area contributed by atoms with Crippen LogP contribution in [0.2, 0.25) is 5.02 Å². The molecule has 0 fully saturated rings. The van der Waals surface area contributed by atoms with E-state index in [1.807, 2.05) is 55.5 Å². The number of aliphatic hydroxyl groups is 1. The third kappa shape index (κ3) is 7.07. The van der Waals surface area contributed by atoms with E-state index >= 15 is 0 Å². The molecule has 0 amide bonds. The number of para-hydroxylation sites is 2. The average molecular weight is 484 g/mol. The second kappa shape index (κ2) is 13.1. The lowest BCUT2D eigenvalue weighted by Gasteiger charge is -2.25. The number of rotatable bonds is 13. The van der Waals surface area contributed by atoms with Crippen LogP contribution in [-0.2, 0) is 16.0 Å². The molecular formula is C26H30ClN3O4. The molecule has 1 aromatic heterocycles. The number of methoxy groups -OCH3 is 1. The van der Waals surface area contributed by atoms with Crippen molar-refractivity contribution in [2.45, 2.75) is 19.6 Å². The molecule has 1 atom stereocenters. The van der Waals surface area contributed by atoms with Gasteiger partial charge in [0.15, 0.2) is 0 Å². The molecule has 7 nitrogen and oxygen atoms in total. The van der Waals surface area contributed by atoms with E-state index < -0.39 is 6.10 Å². The van der Waals surface area contributed by atoms with Gasteiger partial charge in [0.25, 0.3) is 0 Å². The van der Waals surface area contributed by atoms with E-state index in [0.717, 1.165) is 16.9 Å². The summed E-state index contributed by atoms with van der Waals surface area (Å²) in [6.45, 7) is 4.21. The fourth-order valence-corrected chi connectivity index (χ4v) is 3.66. The Labute approximate surface area is 205 Å². The summed E-state index contributed by atoms with van der Waals surface area (Å²) in [7, 11) is 1.65. The second-order valence-corrected chi connectivity index (χ2v) is 8.16. The first-order valence-corrected chi connectivity index (χ1v) is 11.4. The minimum atomic E-state index is -0.706. The Morgan fingerprint density at radius 2 is 1.91 bits per heavy atom. The van der Waals surface area contributed by atoms with Crippen LogP contribution >= 0.6 is 11.6 Å². The zero-order valence-corrected chi connectivity index (χ0v) is 20.2. The van der Waals surface area contributed by atoms with E-state index in [0.29, 0.717) is 42.9 Å². The van der Waals surface area contributed by atoms with Crippen molar-refractivity contribution in [3.05, 3.63) is 70.9 Å². The maximum absolute atomic E-state index is 10.5. The Morgan fingerprint density at radius 3 is 2.62 bits per heavy atom.